The first kappa shape index (κ1) is 22.2. The third kappa shape index (κ3) is 5.17. The Hall–Kier alpha value is -2.46. The Bertz CT molecular complexity index is 1170. The first-order valence-electron chi connectivity index (χ1n) is 9.15. The van der Waals surface area contributed by atoms with Crippen molar-refractivity contribution in [2.75, 3.05) is 6.61 Å². The van der Waals surface area contributed by atoms with Crippen LogP contribution in [-0.2, 0) is 17.8 Å². The Balaban J connectivity index is 1.85. The van der Waals surface area contributed by atoms with E-state index in [-0.39, 0.29) is 24.4 Å². The average molecular weight is 497 g/mol. The maximum absolute atomic E-state index is 14.8. The molecule has 3 rings (SSSR count). The number of allylic oxidation sites excluding steroid dienone is 1. The molecule has 2 N–H and O–H groups in total. The quantitative estimate of drug-likeness (QED) is 0.545. The first-order valence-corrected chi connectivity index (χ1v) is 10.8. The molecule has 3 aromatic rings. The average Bonchev–Trinajstić information content (AvgIpc) is 3.20. The van der Waals surface area contributed by atoms with E-state index in [0.29, 0.717) is 6.54 Å². The van der Waals surface area contributed by atoms with Crippen molar-refractivity contribution >= 4 is 43.4 Å². The molecule has 0 saturated heterocycles. The molecule has 160 valence electrons. The van der Waals surface area contributed by atoms with Crippen molar-refractivity contribution in [2.45, 2.75) is 33.9 Å². The van der Waals surface area contributed by atoms with Crippen LogP contribution in [0.1, 0.15) is 25.6 Å². The third-order valence-electron chi connectivity index (χ3n) is 4.35. The lowest BCUT2D eigenvalue weighted by molar-refractivity contribution is 0.163. The van der Waals surface area contributed by atoms with Crippen LogP contribution >= 0.6 is 27.3 Å². The highest BCUT2D eigenvalue weighted by Crippen LogP contribution is 2.30. The predicted octanol–water partition coefficient (Wildman–Crippen LogP) is 4.44. The van der Waals surface area contributed by atoms with Crippen molar-refractivity contribution in [1.82, 2.24) is 14.3 Å². The first-order chi connectivity index (χ1) is 14.0. The summed E-state index contributed by atoms with van der Waals surface area (Å²) in [7, 11) is 0. The van der Waals surface area contributed by atoms with Gasteiger partial charge in [0.1, 0.15) is 18.8 Å². The van der Waals surface area contributed by atoms with Gasteiger partial charge in [0.25, 0.3) is 0 Å². The number of aromatic nitrogens is 3. The minimum Gasteiger partial charge on any atom is -0.445 e. The maximum Gasteiger partial charge on any atom is 0.404 e. The zero-order chi connectivity index (χ0) is 22.1. The largest absolute Gasteiger partial charge is 0.445 e. The summed E-state index contributed by atoms with van der Waals surface area (Å²) in [6, 6.07) is 8.04. The van der Waals surface area contributed by atoms with Gasteiger partial charge in [-0.1, -0.05) is 36.7 Å². The van der Waals surface area contributed by atoms with Crippen LogP contribution in [0.5, 0.6) is 0 Å². The van der Waals surface area contributed by atoms with Crippen LogP contribution in [0.25, 0.3) is 10.1 Å². The lowest BCUT2D eigenvalue weighted by Crippen LogP contribution is -2.28. The van der Waals surface area contributed by atoms with E-state index in [1.54, 1.807) is 32.1 Å². The molecule has 0 bridgehead atoms. The van der Waals surface area contributed by atoms with Crippen molar-refractivity contribution in [2.24, 2.45) is 11.1 Å². The summed E-state index contributed by atoms with van der Waals surface area (Å²) in [5, 5.41) is 5.19. The molecule has 7 nitrogen and oxygen atoms in total. The van der Waals surface area contributed by atoms with Gasteiger partial charge in [0.2, 0.25) is 0 Å². The number of amides is 1. The van der Waals surface area contributed by atoms with E-state index < -0.39 is 17.3 Å². The maximum atomic E-state index is 14.8. The second-order valence-corrected chi connectivity index (χ2v) is 9.95. The molecule has 1 aromatic carbocycles. The van der Waals surface area contributed by atoms with Crippen LogP contribution in [0.3, 0.4) is 0 Å². The molecule has 2 aromatic heterocycles. The van der Waals surface area contributed by atoms with E-state index in [9.17, 15) is 14.0 Å². The summed E-state index contributed by atoms with van der Waals surface area (Å²) in [4.78, 5) is 24.7. The Labute approximate surface area is 185 Å². The molecule has 0 spiro atoms. The summed E-state index contributed by atoms with van der Waals surface area (Å²) in [6.07, 6.45) is 0.410. The normalized spacial score (nSPS) is 12.8. The van der Waals surface area contributed by atoms with Gasteiger partial charge in [0, 0.05) is 25.0 Å². The smallest absolute Gasteiger partial charge is 0.404 e. The second kappa shape index (κ2) is 8.73. The Morgan fingerprint density at radius 1 is 1.33 bits per heavy atom. The molecule has 0 aliphatic heterocycles. The van der Waals surface area contributed by atoms with Gasteiger partial charge in [-0.3, -0.25) is 4.57 Å². The van der Waals surface area contributed by atoms with Crippen molar-refractivity contribution in [1.29, 1.82) is 0 Å². The van der Waals surface area contributed by atoms with E-state index >= 15 is 0 Å². The Kier molecular flexibility index (Phi) is 6.47. The molecule has 0 aliphatic rings. The SMILES string of the molecule is CC(C)(C)/C(F)=C(\COC(N)=O)Cn1ncn(Cc2cc3cc(Br)ccc3s2)c1=O. The molecular formula is C20H22BrFN4O3S. The lowest BCUT2D eigenvalue weighted by Gasteiger charge is -2.20. The molecular weight excluding hydrogens is 475 g/mol. The number of halogens is 2. The van der Waals surface area contributed by atoms with Crippen molar-refractivity contribution in [3.05, 3.63) is 61.8 Å². The highest BCUT2D eigenvalue weighted by molar-refractivity contribution is 9.10. The standard InChI is InChI=1S/C20H22BrFN4O3S/c1-20(2,3)17(22)13(10-29-18(23)27)8-26-19(28)25(11-24-26)9-15-7-12-6-14(21)4-5-16(12)30-15/h4-7,11H,8-10H2,1-3H3,(H2,23,27)/b17-13+. The van der Waals surface area contributed by atoms with E-state index in [4.69, 9.17) is 10.5 Å². The fourth-order valence-electron chi connectivity index (χ4n) is 2.95. The van der Waals surface area contributed by atoms with Crippen LogP contribution in [0, 0.1) is 5.41 Å². The van der Waals surface area contributed by atoms with Crippen molar-refractivity contribution < 1.29 is 13.9 Å². The fourth-order valence-corrected chi connectivity index (χ4v) is 4.37. The number of hydrogen-bond acceptors (Lipinski definition) is 5. The van der Waals surface area contributed by atoms with E-state index in [2.05, 4.69) is 21.0 Å². The van der Waals surface area contributed by atoms with Crippen LogP contribution in [0.4, 0.5) is 9.18 Å². The molecule has 0 aliphatic carbocycles. The molecule has 0 unspecified atom stereocenters. The topological polar surface area (TPSA) is 92.1 Å². The fraction of sp³-hybridized carbons (Fsp3) is 0.350. The molecule has 0 fully saturated rings. The van der Waals surface area contributed by atoms with E-state index in [0.717, 1.165) is 24.1 Å². The summed E-state index contributed by atoms with van der Waals surface area (Å²) in [5.74, 6) is -0.472. The van der Waals surface area contributed by atoms with Crippen LogP contribution in [0.15, 0.2) is 51.3 Å². The molecule has 30 heavy (non-hydrogen) atoms. The third-order valence-corrected chi connectivity index (χ3v) is 5.94. The van der Waals surface area contributed by atoms with Crippen LogP contribution in [-0.4, -0.2) is 27.0 Å². The summed E-state index contributed by atoms with van der Waals surface area (Å²) < 4.78 is 24.3. The number of hydrogen-bond donors (Lipinski definition) is 1. The second-order valence-electron chi connectivity index (χ2n) is 7.87. The number of carbonyl (C=O) groups is 1. The molecule has 1 amide bonds. The number of nitrogens with two attached hydrogens (primary N) is 1. The Morgan fingerprint density at radius 3 is 2.73 bits per heavy atom. The highest BCUT2D eigenvalue weighted by Gasteiger charge is 2.23. The minimum absolute atomic E-state index is 0.137. The van der Waals surface area contributed by atoms with Gasteiger partial charge in [-0.25, -0.2) is 18.7 Å². The number of benzene rings is 1. The van der Waals surface area contributed by atoms with Crippen LogP contribution in [0.2, 0.25) is 0 Å². The van der Waals surface area contributed by atoms with Gasteiger partial charge < -0.3 is 10.5 Å². The van der Waals surface area contributed by atoms with Gasteiger partial charge in [0.15, 0.2) is 0 Å². The summed E-state index contributed by atoms with van der Waals surface area (Å²) in [6.45, 7) is 4.94. The van der Waals surface area contributed by atoms with Gasteiger partial charge in [-0.05, 0) is 29.7 Å². The van der Waals surface area contributed by atoms with Crippen molar-refractivity contribution in [3.63, 3.8) is 0 Å². The number of fused-ring (bicyclic) bond motifs is 1. The van der Waals surface area contributed by atoms with E-state index in [1.807, 2.05) is 24.3 Å². The Morgan fingerprint density at radius 2 is 2.07 bits per heavy atom. The minimum atomic E-state index is -1.01. The number of primary amides is 1. The number of thiophene rings is 1. The zero-order valence-electron chi connectivity index (χ0n) is 16.8. The monoisotopic (exact) mass is 496 g/mol. The number of carbonyl (C=O) groups excluding carboxylic acids is 1. The molecule has 2 heterocycles. The van der Waals surface area contributed by atoms with Crippen LogP contribution < -0.4 is 11.4 Å². The molecule has 0 atom stereocenters. The number of ether oxygens (including phenoxy) is 1. The zero-order valence-corrected chi connectivity index (χ0v) is 19.2. The number of rotatable bonds is 6. The van der Waals surface area contributed by atoms with Gasteiger partial charge >= 0.3 is 11.8 Å². The highest BCUT2D eigenvalue weighted by atomic mass is 79.9. The van der Waals surface area contributed by atoms with E-state index in [1.165, 1.54) is 10.9 Å². The summed E-state index contributed by atoms with van der Waals surface area (Å²) >= 11 is 5.05. The van der Waals surface area contributed by atoms with Gasteiger partial charge in [-0.2, -0.15) is 5.10 Å². The van der Waals surface area contributed by atoms with Gasteiger partial charge in [-0.15, -0.1) is 11.3 Å². The van der Waals surface area contributed by atoms with Crippen molar-refractivity contribution in [3.8, 4) is 0 Å². The molecule has 0 radical (unpaired) electrons. The lowest BCUT2D eigenvalue weighted by atomic mass is 9.92. The molecule has 10 heteroatoms. The predicted molar refractivity (Wildman–Crippen MR) is 118 cm³/mol. The molecule has 0 saturated carbocycles. The van der Waals surface area contributed by atoms with Gasteiger partial charge in [0.05, 0.1) is 13.1 Å². The summed E-state index contributed by atoms with van der Waals surface area (Å²) in [5.41, 5.74) is 3.95. The number of nitrogens with zero attached hydrogens (tertiary/aromatic N) is 3.